The lowest BCUT2D eigenvalue weighted by Crippen LogP contribution is -2.61. The van der Waals surface area contributed by atoms with Gasteiger partial charge in [0.25, 0.3) is 0 Å². The highest BCUT2D eigenvalue weighted by Crippen LogP contribution is 2.41. The van der Waals surface area contributed by atoms with E-state index in [0.717, 1.165) is 25.3 Å². The first kappa shape index (κ1) is 24.1. The molecule has 190 valence electrons. The first-order valence-corrected chi connectivity index (χ1v) is 13.8. The Morgan fingerprint density at radius 3 is 1.81 bits per heavy atom. The van der Waals surface area contributed by atoms with E-state index in [0.29, 0.717) is 5.54 Å². The Balaban J connectivity index is 1.44. The Kier molecular flexibility index (Phi) is 6.71. The smallest absolute Gasteiger partial charge is 0.121 e. The van der Waals surface area contributed by atoms with Gasteiger partial charge in [0.1, 0.15) is 5.54 Å². The van der Waals surface area contributed by atoms with Crippen molar-refractivity contribution in [2.24, 2.45) is 0 Å². The number of hydrogen-bond acceptors (Lipinski definition) is 3. The van der Waals surface area contributed by atoms with Crippen LogP contribution in [-0.4, -0.2) is 51.6 Å². The second-order valence-corrected chi connectivity index (χ2v) is 11.0. The van der Waals surface area contributed by atoms with Crippen LogP contribution < -0.4 is 0 Å². The molecule has 0 atom stereocenters. The van der Waals surface area contributed by atoms with Crippen molar-refractivity contribution in [2.75, 3.05) is 26.7 Å². The minimum atomic E-state index is -0.500. The Bertz CT molecular complexity index is 1180. The molecule has 2 fully saturated rings. The third-order valence-corrected chi connectivity index (χ3v) is 8.72. The maximum Gasteiger partial charge on any atom is 0.121 e. The van der Waals surface area contributed by atoms with Gasteiger partial charge in [0, 0.05) is 37.9 Å². The van der Waals surface area contributed by atoms with E-state index in [1.165, 1.54) is 55.3 Å². The molecule has 37 heavy (non-hydrogen) atoms. The Hall–Kier alpha value is -3.21. The predicted molar refractivity (Wildman–Crippen MR) is 151 cm³/mol. The highest BCUT2D eigenvalue weighted by atomic mass is 15.3. The lowest BCUT2D eigenvalue weighted by molar-refractivity contribution is -0.0245. The van der Waals surface area contributed by atoms with Crippen LogP contribution in [0.15, 0.2) is 104 Å². The van der Waals surface area contributed by atoms with Crippen molar-refractivity contribution in [3.63, 3.8) is 0 Å². The van der Waals surface area contributed by atoms with Crippen LogP contribution in [0.2, 0.25) is 0 Å². The molecular weight excluding hydrogens is 452 g/mol. The Labute approximate surface area is 221 Å². The third kappa shape index (κ3) is 4.43. The molecule has 4 aromatic rings. The van der Waals surface area contributed by atoms with Crippen LogP contribution in [0.25, 0.3) is 0 Å². The van der Waals surface area contributed by atoms with E-state index in [2.05, 4.69) is 125 Å². The number of aromatic nitrogens is 2. The van der Waals surface area contributed by atoms with Gasteiger partial charge in [-0.1, -0.05) is 110 Å². The lowest BCUT2D eigenvalue weighted by Gasteiger charge is -2.52. The molecule has 1 saturated heterocycles. The molecule has 1 aromatic heterocycles. The molecule has 0 unspecified atom stereocenters. The molecule has 3 aromatic carbocycles. The average Bonchev–Trinajstić information content (AvgIpc) is 3.42. The monoisotopic (exact) mass is 490 g/mol. The topological polar surface area (TPSA) is 24.3 Å². The van der Waals surface area contributed by atoms with E-state index in [4.69, 9.17) is 4.98 Å². The van der Waals surface area contributed by atoms with Crippen molar-refractivity contribution < 1.29 is 0 Å². The van der Waals surface area contributed by atoms with E-state index < -0.39 is 5.54 Å². The summed E-state index contributed by atoms with van der Waals surface area (Å²) in [6.07, 6.45) is 11.0. The van der Waals surface area contributed by atoms with Crippen molar-refractivity contribution in [3.05, 3.63) is 126 Å². The zero-order valence-electron chi connectivity index (χ0n) is 22.0. The summed E-state index contributed by atoms with van der Waals surface area (Å²) < 4.78 is 2.35. The fourth-order valence-corrected chi connectivity index (χ4v) is 6.95. The van der Waals surface area contributed by atoms with Gasteiger partial charge < -0.3 is 9.47 Å². The minimum Gasteiger partial charge on any atom is -0.319 e. The van der Waals surface area contributed by atoms with E-state index in [-0.39, 0.29) is 0 Å². The second kappa shape index (κ2) is 10.3. The van der Waals surface area contributed by atoms with E-state index in [1.807, 2.05) is 0 Å². The molecule has 1 aliphatic carbocycles. The van der Waals surface area contributed by atoms with Gasteiger partial charge in [-0.3, -0.25) is 4.90 Å². The third-order valence-electron chi connectivity index (χ3n) is 8.72. The van der Waals surface area contributed by atoms with Gasteiger partial charge in [-0.25, -0.2) is 4.98 Å². The number of hydrogen-bond donors (Lipinski definition) is 0. The van der Waals surface area contributed by atoms with E-state index >= 15 is 0 Å². The van der Waals surface area contributed by atoms with Crippen LogP contribution in [0, 0.1) is 0 Å². The fraction of sp³-hybridized carbons (Fsp3) is 0.364. The molecule has 4 heteroatoms. The normalized spacial score (nSPS) is 18.7. The molecule has 1 saturated carbocycles. The van der Waals surface area contributed by atoms with Crippen LogP contribution in [-0.2, 0) is 12.1 Å². The van der Waals surface area contributed by atoms with Crippen LogP contribution >= 0.6 is 0 Å². The number of imidazole rings is 1. The molecule has 6 rings (SSSR count). The first-order chi connectivity index (χ1) is 18.2. The van der Waals surface area contributed by atoms with Crippen molar-refractivity contribution in [2.45, 2.75) is 49.7 Å². The SMILES string of the molecule is CN1CCN(Cc2cn(C(c3ccccc3)(c3ccccc3)c3ccccc3)cn2)C2(CCCCC2)C1. The zero-order chi connectivity index (χ0) is 25.1. The second-order valence-electron chi connectivity index (χ2n) is 11.0. The molecule has 2 aliphatic rings. The van der Waals surface area contributed by atoms with Crippen LogP contribution in [0.4, 0.5) is 0 Å². The maximum atomic E-state index is 5.06. The molecule has 0 amide bonds. The summed E-state index contributed by atoms with van der Waals surface area (Å²) in [6.45, 7) is 4.33. The number of piperazine rings is 1. The lowest BCUT2D eigenvalue weighted by atomic mass is 9.76. The van der Waals surface area contributed by atoms with Gasteiger partial charge in [0.2, 0.25) is 0 Å². The molecular formula is C33H38N4. The Morgan fingerprint density at radius 2 is 1.27 bits per heavy atom. The molecule has 0 bridgehead atoms. The van der Waals surface area contributed by atoms with Gasteiger partial charge in [-0.05, 0) is 36.6 Å². The summed E-state index contributed by atoms with van der Waals surface area (Å²) in [5.41, 5.74) is 4.66. The molecule has 0 radical (unpaired) electrons. The molecule has 1 spiro atoms. The number of rotatable bonds is 6. The first-order valence-electron chi connectivity index (χ1n) is 13.8. The number of benzene rings is 3. The van der Waals surface area contributed by atoms with Gasteiger partial charge in [-0.2, -0.15) is 0 Å². The van der Waals surface area contributed by atoms with Crippen molar-refractivity contribution in [1.82, 2.24) is 19.4 Å². The fourth-order valence-electron chi connectivity index (χ4n) is 6.95. The molecule has 0 N–H and O–H groups in total. The van der Waals surface area contributed by atoms with Crippen molar-refractivity contribution >= 4 is 0 Å². The quantitative estimate of drug-likeness (QED) is 0.302. The highest BCUT2D eigenvalue weighted by molar-refractivity contribution is 5.50. The molecule has 2 heterocycles. The van der Waals surface area contributed by atoms with Gasteiger partial charge in [-0.15, -0.1) is 0 Å². The van der Waals surface area contributed by atoms with E-state index in [9.17, 15) is 0 Å². The van der Waals surface area contributed by atoms with Crippen LogP contribution in [0.5, 0.6) is 0 Å². The summed E-state index contributed by atoms with van der Waals surface area (Å²) in [5, 5.41) is 0. The summed E-state index contributed by atoms with van der Waals surface area (Å²) in [6, 6.07) is 32.6. The zero-order valence-corrected chi connectivity index (χ0v) is 22.0. The molecule has 4 nitrogen and oxygen atoms in total. The summed E-state index contributed by atoms with van der Waals surface area (Å²) in [7, 11) is 2.29. The summed E-state index contributed by atoms with van der Waals surface area (Å²) >= 11 is 0. The summed E-state index contributed by atoms with van der Waals surface area (Å²) in [5.74, 6) is 0. The standard InChI is InChI=1S/C33H38N4/c1-35-22-23-36(32(26-35)20-12-5-13-21-32)24-31-25-37(27-34-31)33(28-14-6-2-7-15-28,29-16-8-3-9-17-29)30-18-10-4-11-19-30/h2-4,6-11,14-19,25,27H,5,12-13,20-24,26H2,1H3. The van der Waals surface area contributed by atoms with Gasteiger partial charge in [0.15, 0.2) is 0 Å². The maximum absolute atomic E-state index is 5.06. The Morgan fingerprint density at radius 1 is 0.730 bits per heavy atom. The van der Waals surface area contributed by atoms with Gasteiger partial charge in [0.05, 0.1) is 12.0 Å². The number of likely N-dealkylation sites (N-methyl/N-ethyl adjacent to an activating group) is 1. The van der Waals surface area contributed by atoms with Crippen molar-refractivity contribution in [3.8, 4) is 0 Å². The average molecular weight is 491 g/mol. The van der Waals surface area contributed by atoms with E-state index in [1.54, 1.807) is 0 Å². The number of nitrogens with zero attached hydrogens (tertiary/aromatic N) is 4. The van der Waals surface area contributed by atoms with Crippen molar-refractivity contribution in [1.29, 1.82) is 0 Å². The minimum absolute atomic E-state index is 0.296. The predicted octanol–water partition coefficient (Wildman–Crippen LogP) is 6.17. The van der Waals surface area contributed by atoms with Crippen LogP contribution in [0.1, 0.15) is 54.5 Å². The molecule has 1 aliphatic heterocycles. The largest absolute Gasteiger partial charge is 0.319 e. The summed E-state index contributed by atoms with van der Waals surface area (Å²) in [4.78, 5) is 10.3. The van der Waals surface area contributed by atoms with Gasteiger partial charge >= 0.3 is 0 Å². The highest BCUT2D eigenvalue weighted by Gasteiger charge is 2.42. The van der Waals surface area contributed by atoms with Crippen LogP contribution in [0.3, 0.4) is 0 Å².